The number of hydrogen-bond acceptors (Lipinski definition) is 5. The summed E-state index contributed by atoms with van der Waals surface area (Å²) in [6, 6.07) is 11.5. The highest BCUT2D eigenvalue weighted by atomic mass is 16.5. The number of amides is 4. The van der Waals surface area contributed by atoms with E-state index < -0.39 is 23.6 Å². The minimum Gasteiger partial charge on any atom is -0.497 e. The Morgan fingerprint density at radius 3 is 2.55 bits per heavy atom. The summed E-state index contributed by atoms with van der Waals surface area (Å²) >= 11 is 0. The molecule has 2 aliphatic heterocycles. The first-order chi connectivity index (χ1) is 14.8. The summed E-state index contributed by atoms with van der Waals surface area (Å²) in [5.41, 5.74) is 1.09. The maximum absolute atomic E-state index is 12.9. The molecule has 2 aromatic carbocycles. The quantitative estimate of drug-likeness (QED) is 0.512. The van der Waals surface area contributed by atoms with Crippen molar-refractivity contribution in [3.63, 3.8) is 0 Å². The van der Waals surface area contributed by atoms with Crippen molar-refractivity contribution in [2.45, 2.75) is 25.1 Å². The molecule has 158 valence electrons. The third-order valence-corrected chi connectivity index (χ3v) is 5.38. The van der Waals surface area contributed by atoms with Gasteiger partial charge in [0.05, 0.1) is 19.8 Å². The van der Waals surface area contributed by atoms with Crippen molar-refractivity contribution in [1.29, 1.82) is 0 Å². The lowest BCUT2D eigenvalue weighted by Gasteiger charge is -2.26. The molecule has 3 N–H and O–H groups in total. The maximum atomic E-state index is 12.9. The van der Waals surface area contributed by atoms with Gasteiger partial charge < -0.3 is 20.1 Å². The fraction of sp³-hybridized carbons (Fsp3) is 0.261. The molecule has 2 aromatic rings. The van der Waals surface area contributed by atoms with E-state index in [1.54, 1.807) is 49.4 Å². The molecule has 2 heterocycles. The van der Waals surface area contributed by atoms with Gasteiger partial charge in [0.25, 0.3) is 11.8 Å². The molecule has 0 aromatic heterocycles. The number of aliphatic hydroxyl groups excluding tert-OH is 1. The van der Waals surface area contributed by atoms with Gasteiger partial charge in [0.2, 0.25) is 5.54 Å². The Labute approximate surface area is 179 Å². The van der Waals surface area contributed by atoms with Gasteiger partial charge in [-0.1, -0.05) is 30.0 Å². The molecule has 8 nitrogen and oxygen atoms in total. The number of methoxy groups -OCH3 is 1. The highest BCUT2D eigenvalue weighted by Gasteiger charge is 2.48. The second kappa shape index (κ2) is 7.78. The number of ether oxygens (including phenoxy) is 1. The number of aliphatic hydroxyl groups is 1. The summed E-state index contributed by atoms with van der Waals surface area (Å²) in [6.07, 6.45) is -0.602. The Kier molecular flexibility index (Phi) is 5.13. The van der Waals surface area contributed by atoms with Crippen molar-refractivity contribution < 1.29 is 24.2 Å². The van der Waals surface area contributed by atoms with Gasteiger partial charge in [-0.15, -0.1) is 0 Å². The van der Waals surface area contributed by atoms with Gasteiger partial charge in [0.1, 0.15) is 5.75 Å². The summed E-state index contributed by atoms with van der Waals surface area (Å²) in [6.45, 7) is 1.86. The Morgan fingerprint density at radius 1 is 1.19 bits per heavy atom. The molecule has 0 saturated carbocycles. The molecule has 1 fully saturated rings. The Morgan fingerprint density at radius 2 is 1.94 bits per heavy atom. The Hall–Kier alpha value is -3.83. The van der Waals surface area contributed by atoms with E-state index in [1.165, 1.54) is 12.0 Å². The van der Waals surface area contributed by atoms with Crippen LogP contribution in [-0.2, 0) is 11.3 Å². The van der Waals surface area contributed by atoms with Crippen LogP contribution in [-0.4, -0.2) is 47.0 Å². The second-order valence-corrected chi connectivity index (χ2v) is 7.55. The lowest BCUT2D eigenvalue weighted by Crippen LogP contribution is -2.54. The zero-order valence-electron chi connectivity index (χ0n) is 17.1. The minimum absolute atomic E-state index is 0.0981. The van der Waals surface area contributed by atoms with Crippen molar-refractivity contribution in [2.24, 2.45) is 0 Å². The van der Waals surface area contributed by atoms with Crippen LogP contribution in [0.5, 0.6) is 5.75 Å². The van der Waals surface area contributed by atoms with Gasteiger partial charge in [0.15, 0.2) is 0 Å². The molecular formula is C23H21N3O5. The molecule has 1 saturated heterocycles. The highest BCUT2D eigenvalue weighted by Crippen LogP contribution is 2.28. The van der Waals surface area contributed by atoms with Crippen molar-refractivity contribution in [2.75, 3.05) is 13.7 Å². The fourth-order valence-corrected chi connectivity index (χ4v) is 3.64. The smallest absolute Gasteiger partial charge is 0.323 e. The van der Waals surface area contributed by atoms with Gasteiger partial charge in [0, 0.05) is 17.7 Å². The Balaban J connectivity index is 1.62. The van der Waals surface area contributed by atoms with Crippen molar-refractivity contribution in [3.8, 4) is 17.6 Å². The van der Waals surface area contributed by atoms with Gasteiger partial charge in [-0.25, -0.2) is 4.79 Å². The molecule has 2 aliphatic rings. The van der Waals surface area contributed by atoms with Crippen LogP contribution in [0.25, 0.3) is 0 Å². The van der Waals surface area contributed by atoms with Crippen LogP contribution in [0.15, 0.2) is 42.5 Å². The van der Waals surface area contributed by atoms with E-state index in [2.05, 4.69) is 22.5 Å². The third kappa shape index (κ3) is 3.83. The molecule has 0 bridgehead atoms. The minimum atomic E-state index is -1.57. The monoisotopic (exact) mass is 419 g/mol. The van der Waals surface area contributed by atoms with Gasteiger partial charge in [-0.2, -0.15) is 0 Å². The van der Waals surface area contributed by atoms with E-state index in [1.807, 2.05) is 0 Å². The molecule has 31 heavy (non-hydrogen) atoms. The number of nitrogens with zero attached hydrogens (tertiary/aromatic N) is 1. The van der Waals surface area contributed by atoms with Crippen molar-refractivity contribution in [3.05, 3.63) is 64.7 Å². The van der Waals surface area contributed by atoms with Crippen molar-refractivity contribution >= 4 is 17.8 Å². The third-order valence-electron chi connectivity index (χ3n) is 5.38. The highest BCUT2D eigenvalue weighted by molar-refractivity contribution is 6.10. The van der Waals surface area contributed by atoms with Gasteiger partial charge in [-0.3, -0.25) is 14.9 Å². The number of urea groups is 1. The van der Waals surface area contributed by atoms with E-state index in [0.29, 0.717) is 23.4 Å². The average molecular weight is 419 g/mol. The van der Waals surface area contributed by atoms with Crippen LogP contribution < -0.4 is 15.4 Å². The number of rotatable bonds is 4. The average Bonchev–Trinajstić information content (AvgIpc) is 3.21. The summed E-state index contributed by atoms with van der Waals surface area (Å²) in [5, 5.41) is 14.4. The lowest BCUT2D eigenvalue weighted by atomic mass is 9.98. The SMILES string of the molecule is COc1ccc2c(c1)C(=O)N(C[C@@]1(C#Cc3ccc(C(C)O)cc3)NC(=O)NC1=O)C2. The largest absolute Gasteiger partial charge is 0.497 e. The number of imide groups is 1. The van der Waals surface area contributed by atoms with E-state index >= 15 is 0 Å². The topological polar surface area (TPSA) is 108 Å². The molecule has 4 amide bonds. The first-order valence-electron chi connectivity index (χ1n) is 9.72. The molecule has 4 rings (SSSR count). The number of carbonyl (C=O) groups excluding carboxylic acids is 3. The molecule has 2 atom stereocenters. The zero-order chi connectivity index (χ0) is 22.2. The number of nitrogens with one attached hydrogen (secondary N) is 2. The lowest BCUT2D eigenvalue weighted by molar-refractivity contribution is -0.122. The maximum Gasteiger partial charge on any atom is 0.323 e. The normalized spacial score (nSPS) is 20.5. The predicted molar refractivity (Wildman–Crippen MR) is 111 cm³/mol. The van der Waals surface area contributed by atoms with E-state index in [-0.39, 0.29) is 12.5 Å². The second-order valence-electron chi connectivity index (χ2n) is 7.55. The summed E-state index contributed by atoms with van der Waals surface area (Å²) < 4.78 is 5.19. The van der Waals surface area contributed by atoms with E-state index in [9.17, 15) is 19.5 Å². The van der Waals surface area contributed by atoms with Crippen molar-refractivity contribution in [1.82, 2.24) is 15.5 Å². The summed E-state index contributed by atoms with van der Waals surface area (Å²) in [7, 11) is 1.52. The molecule has 1 unspecified atom stereocenters. The van der Waals surface area contributed by atoms with Crippen LogP contribution in [0, 0.1) is 11.8 Å². The van der Waals surface area contributed by atoms with Gasteiger partial charge >= 0.3 is 6.03 Å². The summed E-state index contributed by atoms with van der Waals surface area (Å²) in [5.74, 6) is 5.47. The van der Waals surface area contributed by atoms with Gasteiger partial charge in [-0.05, 0) is 42.3 Å². The van der Waals surface area contributed by atoms with Crippen LogP contribution in [0.4, 0.5) is 4.79 Å². The Bertz CT molecular complexity index is 1130. The molecule has 0 aliphatic carbocycles. The number of benzene rings is 2. The fourth-order valence-electron chi connectivity index (χ4n) is 3.64. The zero-order valence-corrected chi connectivity index (χ0v) is 17.1. The molecule has 8 heteroatoms. The number of carbonyl (C=O) groups is 3. The number of hydrogen-bond donors (Lipinski definition) is 3. The molecule has 0 spiro atoms. The van der Waals surface area contributed by atoms with Crippen LogP contribution in [0.3, 0.4) is 0 Å². The summed E-state index contributed by atoms with van der Waals surface area (Å²) in [4.78, 5) is 38.9. The first kappa shape index (κ1) is 20.4. The van der Waals surface area contributed by atoms with E-state index in [4.69, 9.17) is 4.74 Å². The van der Waals surface area contributed by atoms with Crippen LogP contribution in [0.1, 0.15) is 40.1 Å². The first-order valence-corrected chi connectivity index (χ1v) is 9.72. The number of fused-ring (bicyclic) bond motifs is 1. The molecular weight excluding hydrogens is 398 g/mol. The van der Waals surface area contributed by atoms with Crippen LogP contribution in [0.2, 0.25) is 0 Å². The molecule has 0 radical (unpaired) electrons. The predicted octanol–water partition coefficient (Wildman–Crippen LogP) is 1.33. The van der Waals surface area contributed by atoms with Crippen LogP contribution >= 0.6 is 0 Å². The van der Waals surface area contributed by atoms with E-state index in [0.717, 1.165) is 11.1 Å². The standard InChI is InChI=1S/C23H21N3O5/c1-14(27)16-5-3-15(4-6-16)9-10-23(21(29)24-22(30)25-23)13-26-12-17-7-8-18(31-2)11-19(17)20(26)28/h3-8,11,14,27H,12-13H2,1-2H3,(H2,24,25,29,30)/t14?,23-/m1/s1.